The fourth-order valence-corrected chi connectivity index (χ4v) is 1.42. The van der Waals surface area contributed by atoms with Crippen LogP contribution in [0.25, 0.3) is 0 Å². The molecule has 0 aliphatic carbocycles. The Hall–Kier alpha value is -1.03. The summed E-state index contributed by atoms with van der Waals surface area (Å²) in [5.41, 5.74) is 0.800. The van der Waals surface area contributed by atoms with Gasteiger partial charge in [0.25, 0.3) is 5.69 Å². The van der Waals surface area contributed by atoms with E-state index in [1.54, 1.807) is 12.1 Å². The van der Waals surface area contributed by atoms with Crippen molar-refractivity contribution in [1.82, 2.24) is 0 Å². The Bertz CT molecular complexity index is 312. The summed E-state index contributed by atoms with van der Waals surface area (Å²) in [6.07, 6.45) is 1.81. The van der Waals surface area contributed by atoms with E-state index in [-0.39, 0.29) is 10.6 Å². The molecule has 1 radical (unpaired) electrons. The zero-order valence-corrected chi connectivity index (χ0v) is 7.43. The van der Waals surface area contributed by atoms with E-state index in [9.17, 15) is 10.1 Å². The van der Waals surface area contributed by atoms with Crippen LogP contribution < -0.4 is 0 Å². The van der Waals surface area contributed by atoms with Crippen LogP contribution in [0.5, 0.6) is 0 Å². The molecule has 0 bridgehead atoms. The van der Waals surface area contributed by atoms with Crippen molar-refractivity contribution in [3.05, 3.63) is 40.8 Å². The second-order valence-electron chi connectivity index (χ2n) is 2.26. The molecule has 12 heavy (non-hydrogen) atoms. The molecule has 0 saturated carbocycles. The lowest BCUT2D eigenvalue weighted by Gasteiger charge is -1.99. The molecule has 0 N–H and O–H groups in total. The van der Waals surface area contributed by atoms with Crippen LogP contribution in [0.4, 0.5) is 5.69 Å². The maximum Gasteiger partial charge on any atom is 0.283 e. The molecule has 63 valence electrons. The van der Waals surface area contributed by atoms with Gasteiger partial charge in [-0.3, -0.25) is 10.1 Å². The lowest BCUT2D eigenvalue weighted by atomic mass is 10.2. The van der Waals surface area contributed by atoms with Crippen molar-refractivity contribution >= 4 is 17.4 Å². The van der Waals surface area contributed by atoms with Crippen LogP contribution in [-0.4, -0.2) is 11.2 Å². The van der Waals surface area contributed by atoms with E-state index in [4.69, 9.17) is 0 Å². The number of hydrogen-bond acceptors (Lipinski definition) is 3. The SMILES string of the molecule is [CH2]c1ccc(SC)c([N+](=O)[O-])c1. The topological polar surface area (TPSA) is 43.1 Å². The van der Waals surface area contributed by atoms with Crippen LogP contribution in [-0.2, 0) is 0 Å². The molecule has 0 aromatic heterocycles. The summed E-state index contributed by atoms with van der Waals surface area (Å²) in [7, 11) is 0. The largest absolute Gasteiger partial charge is 0.283 e. The van der Waals surface area contributed by atoms with Gasteiger partial charge in [0.05, 0.1) is 9.82 Å². The van der Waals surface area contributed by atoms with Crippen molar-refractivity contribution in [2.45, 2.75) is 4.90 Å². The lowest BCUT2D eigenvalue weighted by Crippen LogP contribution is -1.90. The van der Waals surface area contributed by atoms with Crippen molar-refractivity contribution in [2.24, 2.45) is 0 Å². The maximum absolute atomic E-state index is 10.5. The number of thioether (sulfide) groups is 1. The quantitative estimate of drug-likeness (QED) is 0.401. The molecule has 3 nitrogen and oxygen atoms in total. The smallest absolute Gasteiger partial charge is 0.258 e. The maximum atomic E-state index is 10.5. The summed E-state index contributed by atoms with van der Waals surface area (Å²) in [4.78, 5) is 10.8. The Morgan fingerprint density at radius 2 is 2.25 bits per heavy atom. The minimum atomic E-state index is -0.388. The number of hydrogen-bond donors (Lipinski definition) is 0. The van der Waals surface area contributed by atoms with Crippen LogP contribution in [0, 0.1) is 17.0 Å². The molecule has 0 aliphatic rings. The zero-order valence-electron chi connectivity index (χ0n) is 6.61. The summed E-state index contributed by atoms with van der Waals surface area (Å²) in [6.45, 7) is 3.63. The van der Waals surface area contributed by atoms with Crippen LogP contribution in [0.15, 0.2) is 23.1 Å². The molecular formula is C8H8NO2S. The standard InChI is InChI=1S/C8H8NO2S/c1-6-3-4-8(12-2)7(5-6)9(10)11/h3-5H,1H2,2H3. The highest BCUT2D eigenvalue weighted by molar-refractivity contribution is 7.98. The molecule has 4 heteroatoms. The minimum absolute atomic E-state index is 0.134. The van der Waals surface area contributed by atoms with Crippen molar-refractivity contribution in [1.29, 1.82) is 0 Å². The molecular weight excluding hydrogens is 174 g/mol. The molecule has 0 unspecified atom stereocenters. The first-order valence-electron chi connectivity index (χ1n) is 3.29. The van der Waals surface area contributed by atoms with E-state index >= 15 is 0 Å². The van der Waals surface area contributed by atoms with Crippen molar-refractivity contribution in [3.8, 4) is 0 Å². The average Bonchev–Trinajstić information content (AvgIpc) is 2.04. The fourth-order valence-electron chi connectivity index (χ4n) is 0.878. The highest BCUT2D eigenvalue weighted by atomic mass is 32.2. The third-order valence-electron chi connectivity index (χ3n) is 1.44. The van der Waals surface area contributed by atoms with Crippen LogP contribution in [0.1, 0.15) is 5.56 Å². The Labute approximate surface area is 74.9 Å². The molecule has 0 atom stereocenters. The number of rotatable bonds is 2. The Balaban J connectivity index is 3.21. The summed E-state index contributed by atoms with van der Waals surface area (Å²) < 4.78 is 0. The molecule has 0 saturated heterocycles. The van der Waals surface area contributed by atoms with Gasteiger partial charge in [0, 0.05) is 6.07 Å². The lowest BCUT2D eigenvalue weighted by molar-refractivity contribution is -0.387. The van der Waals surface area contributed by atoms with Gasteiger partial charge in [-0.25, -0.2) is 0 Å². The van der Waals surface area contributed by atoms with Crippen molar-refractivity contribution < 1.29 is 4.92 Å². The third kappa shape index (κ3) is 1.76. The molecule has 0 aliphatic heterocycles. The van der Waals surface area contributed by atoms with Crippen LogP contribution in [0.3, 0.4) is 0 Å². The summed E-state index contributed by atoms with van der Waals surface area (Å²) in [5.74, 6) is 0. The van der Waals surface area contributed by atoms with Gasteiger partial charge in [-0.05, 0) is 24.8 Å². The Morgan fingerprint density at radius 3 is 2.75 bits per heavy atom. The predicted octanol–water partition coefficient (Wildman–Crippen LogP) is 2.50. The van der Waals surface area contributed by atoms with Crippen LogP contribution in [0.2, 0.25) is 0 Å². The molecule has 1 aromatic rings. The monoisotopic (exact) mass is 182 g/mol. The third-order valence-corrected chi connectivity index (χ3v) is 2.23. The number of nitro benzene ring substituents is 1. The van der Waals surface area contributed by atoms with E-state index in [0.717, 1.165) is 0 Å². The first kappa shape index (κ1) is 9.06. The van der Waals surface area contributed by atoms with Gasteiger partial charge in [0.1, 0.15) is 0 Å². The second kappa shape index (κ2) is 3.58. The van der Waals surface area contributed by atoms with Gasteiger partial charge in [-0.2, -0.15) is 0 Å². The number of nitrogens with zero attached hydrogens (tertiary/aromatic N) is 1. The molecule has 1 rings (SSSR count). The van der Waals surface area contributed by atoms with Crippen LogP contribution >= 0.6 is 11.8 Å². The van der Waals surface area contributed by atoms with Gasteiger partial charge in [0.15, 0.2) is 0 Å². The zero-order chi connectivity index (χ0) is 9.14. The molecule has 0 heterocycles. The Kier molecular flexibility index (Phi) is 2.70. The first-order chi connectivity index (χ1) is 5.65. The van der Waals surface area contributed by atoms with Gasteiger partial charge in [-0.1, -0.05) is 6.07 Å². The molecule has 1 aromatic carbocycles. The fraction of sp³-hybridized carbons (Fsp3) is 0.125. The molecule has 0 spiro atoms. The molecule has 0 fully saturated rings. The van der Waals surface area contributed by atoms with E-state index in [2.05, 4.69) is 6.92 Å². The van der Waals surface area contributed by atoms with E-state index in [0.29, 0.717) is 10.5 Å². The van der Waals surface area contributed by atoms with E-state index < -0.39 is 0 Å². The number of benzene rings is 1. The summed E-state index contributed by atoms with van der Waals surface area (Å²) in [6, 6.07) is 4.95. The molecule has 0 amide bonds. The van der Waals surface area contributed by atoms with E-state index in [1.165, 1.54) is 17.8 Å². The normalized spacial score (nSPS) is 9.83. The van der Waals surface area contributed by atoms with Gasteiger partial charge >= 0.3 is 0 Å². The average molecular weight is 182 g/mol. The van der Waals surface area contributed by atoms with Gasteiger partial charge < -0.3 is 0 Å². The highest BCUT2D eigenvalue weighted by Crippen LogP contribution is 2.27. The summed E-state index contributed by atoms with van der Waals surface area (Å²) >= 11 is 1.36. The minimum Gasteiger partial charge on any atom is -0.258 e. The highest BCUT2D eigenvalue weighted by Gasteiger charge is 2.11. The number of nitro groups is 1. The predicted molar refractivity (Wildman–Crippen MR) is 49.3 cm³/mol. The van der Waals surface area contributed by atoms with Gasteiger partial charge in [-0.15, -0.1) is 11.8 Å². The van der Waals surface area contributed by atoms with Gasteiger partial charge in [0.2, 0.25) is 0 Å². The first-order valence-corrected chi connectivity index (χ1v) is 4.52. The Morgan fingerprint density at radius 1 is 1.58 bits per heavy atom. The summed E-state index contributed by atoms with van der Waals surface area (Å²) in [5, 5.41) is 10.5. The van der Waals surface area contributed by atoms with E-state index in [1.807, 2.05) is 6.26 Å². The van der Waals surface area contributed by atoms with Crippen molar-refractivity contribution in [2.75, 3.05) is 6.26 Å². The second-order valence-corrected chi connectivity index (χ2v) is 3.11. The van der Waals surface area contributed by atoms with Crippen molar-refractivity contribution in [3.63, 3.8) is 0 Å².